The van der Waals surface area contributed by atoms with Crippen molar-refractivity contribution in [3.05, 3.63) is 84.2 Å². The van der Waals surface area contributed by atoms with Crippen LogP contribution < -0.4 is 15.8 Å². The molecule has 2 N–H and O–H groups in total. The van der Waals surface area contributed by atoms with E-state index in [4.69, 9.17) is 0 Å². The lowest BCUT2D eigenvalue weighted by Gasteiger charge is -2.37. The minimum Gasteiger partial charge on any atom is -0.367 e. The van der Waals surface area contributed by atoms with Crippen LogP contribution in [0.3, 0.4) is 0 Å². The van der Waals surface area contributed by atoms with E-state index in [1.54, 1.807) is 23.8 Å². The molecule has 0 saturated carbocycles. The fraction of sp³-hybridized carbons (Fsp3) is 0.240. The number of hydrogen-bond acceptors (Lipinski definition) is 5. The van der Waals surface area contributed by atoms with Crippen molar-refractivity contribution in [1.82, 2.24) is 15.8 Å². The fourth-order valence-corrected chi connectivity index (χ4v) is 4.91. The first kappa shape index (κ1) is 23.7. The molecule has 176 valence electrons. The Morgan fingerprint density at radius 3 is 2.47 bits per heavy atom. The minimum atomic E-state index is -3.19. The third-order valence-corrected chi connectivity index (χ3v) is 6.70. The molecule has 1 aliphatic rings. The molecule has 34 heavy (non-hydrogen) atoms. The van der Waals surface area contributed by atoms with Gasteiger partial charge < -0.3 is 4.90 Å². The van der Waals surface area contributed by atoms with Crippen LogP contribution in [0.4, 0.5) is 14.5 Å². The second-order valence-electron chi connectivity index (χ2n) is 7.86. The zero-order valence-electron chi connectivity index (χ0n) is 18.3. The number of amides is 2. The normalized spacial score (nSPS) is 15.7. The lowest BCUT2D eigenvalue weighted by atomic mass is 10.0. The number of hydrazine groups is 1. The highest BCUT2D eigenvalue weighted by molar-refractivity contribution is 7.99. The van der Waals surface area contributed by atoms with E-state index in [2.05, 4.69) is 34.1 Å². The van der Waals surface area contributed by atoms with Gasteiger partial charge in [-0.25, -0.2) is 0 Å². The van der Waals surface area contributed by atoms with E-state index in [1.165, 1.54) is 5.69 Å². The molecule has 0 radical (unpaired) electrons. The summed E-state index contributed by atoms with van der Waals surface area (Å²) in [5, 5.41) is 0. The smallest absolute Gasteiger partial charge is 0.317 e. The van der Waals surface area contributed by atoms with Crippen molar-refractivity contribution in [2.75, 3.05) is 23.0 Å². The van der Waals surface area contributed by atoms with E-state index < -0.39 is 18.2 Å². The Bertz CT molecular complexity index is 1110. The topological polar surface area (TPSA) is 74.3 Å². The summed E-state index contributed by atoms with van der Waals surface area (Å²) in [7, 11) is 0. The summed E-state index contributed by atoms with van der Waals surface area (Å²) >= 11 is 1.92. The summed E-state index contributed by atoms with van der Waals surface area (Å²) < 4.78 is 24.5. The molecule has 0 bridgehead atoms. The van der Waals surface area contributed by atoms with E-state index >= 15 is 0 Å². The van der Waals surface area contributed by atoms with Gasteiger partial charge in [0.25, 0.3) is 5.91 Å². The molecule has 2 amide bonds. The first-order chi connectivity index (χ1) is 16.5. The molecule has 4 rings (SSSR count). The summed E-state index contributed by atoms with van der Waals surface area (Å²) in [4.78, 5) is 29.6. The molecule has 1 unspecified atom stereocenters. The monoisotopic (exact) mass is 482 g/mol. The molecule has 1 aliphatic heterocycles. The van der Waals surface area contributed by atoms with E-state index in [1.807, 2.05) is 47.6 Å². The number of thioether (sulfide) groups is 1. The molecule has 6 nitrogen and oxygen atoms in total. The zero-order chi connectivity index (χ0) is 23.9. The van der Waals surface area contributed by atoms with Crippen molar-refractivity contribution in [3.8, 4) is 11.1 Å². The first-order valence-electron chi connectivity index (χ1n) is 10.8. The molecule has 1 atom stereocenters. The molecular formula is C25H24F2N4O2S. The number of aromatic nitrogens is 1. The van der Waals surface area contributed by atoms with Crippen molar-refractivity contribution < 1.29 is 18.4 Å². The molecular weight excluding hydrogens is 458 g/mol. The van der Waals surface area contributed by atoms with E-state index in [0.29, 0.717) is 6.04 Å². The highest BCUT2D eigenvalue weighted by atomic mass is 32.2. The predicted octanol–water partition coefficient (Wildman–Crippen LogP) is 3.94. The number of rotatable bonds is 6. The van der Waals surface area contributed by atoms with Crippen LogP contribution in [-0.2, 0) is 11.2 Å². The molecule has 9 heteroatoms. The first-order valence-corrected chi connectivity index (χ1v) is 12.0. The summed E-state index contributed by atoms with van der Waals surface area (Å²) in [6.45, 7) is 0.950. The van der Waals surface area contributed by atoms with Gasteiger partial charge in [0.05, 0.1) is 0 Å². The van der Waals surface area contributed by atoms with Gasteiger partial charge in [-0.3, -0.25) is 25.4 Å². The fourth-order valence-electron chi connectivity index (χ4n) is 3.85. The number of halogens is 2. The standard InChI is InChI=1S/C25H24F2N4O2S/c26-23(27)25(33)30-29-24(32)19-5-3-17(4-6-19)14-22-16-34-13-12-31(22)21-9-7-18(8-10-21)20-2-1-11-28-15-20/h1-11,15,22-23H,12-14,16H2,(H,29,32)(H,30,33). The van der Waals surface area contributed by atoms with Gasteiger partial charge in [-0.05, 0) is 53.4 Å². The summed E-state index contributed by atoms with van der Waals surface area (Å²) in [5.41, 5.74) is 8.41. The summed E-state index contributed by atoms with van der Waals surface area (Å²) in [5.74, 6) is -0.145. The number of alkyl halides is 2. The third kappa shape index (κ3) is 5.91. The van der Waals surface area contributed by atoms with Crippen LogP contribution in [0.1, 0.15) is 15.9 Å². The molecule has 2 aromatic carbocycles. The van der Waals surface area contributed by atoms with Crippen LogP contribution in [0.25, 0.3) is 11.1 Å². The SMILES string of the molecule is O=C(NNC(=O)C(F)F)c1ccc(CC2CSCCN2c2ccc(-c3cccnc3)cc2)cc1. The highest BCUT2D eigenvalue weighted by Crippen LogP contribution is 2.28. The van der Waals surface area contributed by atoms with Gasteiger partial charge in [-0.1, -0.05) is 30.3 Å². The number of hydrogen-bond donors (Lipinski definition) is 2. The van der Waals surface area contributed by atoms with E-state index in [9.17, 15) is 18.4 Å². The average molecular weight is 483 g/mol. The van der Waals surface area contributed by atoms with Gasteiger partial charge >= 0.3 is 12.3 Å². The predicted molar refractivity (Wildman–Crippen MR) is 130 cm³/mol. The molecule has 2 heterocycles. The quantitative estimate of drug-likeness (QED) is 0.521. The lowest BCUT2D eigenvalue weighted by molar-refractivity contribution is -0.132. The highest BCUT2D eigenvalue weighted by Gasteiger charge is 2.23. The third-order valence-electron chi connectivity index (χ3n) is 5.61. The molecule has 0 aliphatic carbocycles. The number of carbonyl (C=O) groups excluding carboxylic acids is 2. The maximum Gasteiger partial charge on any atom is 0.317 e. The second-order valence-corrected chi connectivity index (χ2v) is 9.01. The van der Waals surface area contributed by atoms with Gasteiger partial charge in [0.1, 0.15) is 0 Å². The van der Waals surface area contributed by atoms with Gasteiger partial charge in [0.15, 0.2) is 0 Å². The molecule has 1 saturated heterocycles. The Hall–Kier alpha value is -3.46. The van der Waals surface area contributed by atoms with Crippen LogP contribution in [0.5, 0.6) is 0 Å². The Morgan fingerprint density at radius 1 is 1.03 bits per heavy atom. The molecule has 3 aromatic rings. The summed E-state index contributed by atoms with van der Waals surface area (Å²) in [6.07, 6.45) is 1.23. The van der Waals surface area contributed by atoms with E-state index in [-0.39, 0.29) is 5.56 Å². The van der Waals surface area contributed by atoms with Crippen molar-refractivity contribution in [2.45, 2.75) is 18.9 Å². The Labute approximate surface area is 200 Å². The number of carbonyl (C=O) groups is 2. The van der Waals surface area contributed by atoms with Crippen LogP contribution >= 0.6 is 11.8 Å². The molecule has 0 spiro atoms. The Kier molecular flexibility index (Phi) is 7.74. The molecule has 1 aromatic heterocycles. The van der Waals surface area contributed by atoms with Crippen molar-refractivity contribution in [1.29, 1.82) is 0 Å². The van der Waals surface area contributed by atoms with Gasteiger partial charge in [0.2, 0.25) is 0 Å². The second kappa shape index (κ2) is 11.1. The molecule has 1 fully saturated rings. The average Bonchev–Trinajstić information content (AvgIpc) is 2.88. The lowest BCUT2D eigenvalue weighted by Crippen LogP contribution is -2.44. The van der Waals surface area contributed by atoms with Gasteiger partial charge in [-0.2, -0.15) is 20.5 Å². The van der Waals surface area contributed by atoms with Crippen LogP contribution in [-0.4, -0.2) is 47.3 Å². The van der Waals surface area contributed by atoms with Crippen LogP contribution in [0, 0.1) is 0 Å². The summed E-state index contributed by atoms with van der Waals surface area (Å²) in [6, 6.07) is 19.8. The van der Waals surface area contributed by atoms with Crippen molar-refractivity contribution >= 4 is 29.3 Å². The largest absolute Gasteiger partial charge is 0.367 e. The maximum absolute atomic E-state index is 12.2. The minimum absolute atomic E-state index is 0.277. The van der Waals surface area contributed by atoms with Crippen LogP contribution in [0.15, 0.2) is 73.1 Å². The number of pyridine rings is 1. The number of anilines is 1. The van der Waals surface area contributed by atoms with E-state index in [0.717, 1.165) is 41.2 Å². The Morgan fingerprint density at radius 2 is 1.79 bits per heavy atom. The van der Waals surface area contributed by atoms with Gasteiger partial charge in [-0.15, -0.1) is 0 Å². The van der Waals surface area contributed by atoms with Crippen molar-refractivity contribution in [2.24, 2.45) is 0 Å². The maximum atomic E-state index is 12.2. The number of nitrogens with one attached hydrogen (secondary N) is 2. The zero-order valence-corrected chi connectivity index (χ0v) is 19.1. The van der Waals surface area contributed by atoms with Crippen molar-refractivity contribution in [3.63, 3.8) is 0 Å². The number of nitrogens with zero attached hydrogens (tertiary/aromatic N) is 2. The van der Waals surface area contributed by atoms with Crippen LogP contribution in [0.2, 0.25) is 0 Å². The number of benzene rings is 2. The Balaban J connectivity index is 1.40. The van der Waals surface area contributed by atoms with Gasteiger partial charge in [0, 0.05) is 47.7 Å².